The molecule has 2 heterocycles. The summed E-state index contributed by atoms with van der Waals surface area (Å²) in [6.07, 6.45) is 3.87. The van der Waals surface area contributed by atoms with Gasteiger partial charge >= 0.3 is 0 Å². The number of pyridine rings is 1. The second-order valence-corrected chi connectivity index (χ2v) is 4.62. The molecule has 0 aliphatic carbocycles. The van der Waals surface area contributed by atoms with Crippen molar-refractivity contribution >= 4 is 0 Å². The van der Waals surface area contributed by atoms with Gasteiger partial charge in [-0.3, -0.25) is 9.67 Å². The first-order chi connectivity index (χ1) is 8.61. The Bertz CT molecular complexity index is 530. The van der Waals surface area contributed by atoms with E-state index in [9.17, 15) is 0 Å². The highest BCUT2D eigenvalue weighted by molar-refractivity contribution is 5.30. The van der Waals surface area contributed by atoms with E-state index in [1.165, 1.54) is 11.1 Å². The Morgan fingerprint density at radius 3 is 2.72 bits per heavy atom. The molecule has 0 aromatic carbocycles. The second kappa shape index (κ2) is 5.31. The fourth-order valence-electron chi connectivity index (χ4n) is 2.16. The number of nitrogens with one attached hydrogen (secondary N) is 1. The van der Waals surface area contributed by atoms with Crippen LogP contribution >= 0.6 is 0 Å². The smallest absolute Gasteiger partial charge is 0.0946 e. The third kappa shape index (κ3) is 2.59. The van der Waals surface area contributed by atoms with E-state index in [0.29, 0.717) is 0 Å². The molecule has 2 rings (SSSR count). The number of aryl methyl sites for hydroxylation is 3. The Labute approximate surface area is 108 Å². The second-order valence-electron chi connectivity index (χ2n) is 4.62. The maximum absolute atomic E-state index is 4.57. The molecule has 1 atom stereocenters. The molecular formula is C14H20N4. The minimum absolute atomic E-state index is 0.0665. The van der Waals surface area contributed by atoms with Crippen molar-refractivity contribution in [2.24, 2.45) is 7.05 Å². The fraction of sp³-hybridized carbons (Fsp3) is 0.429. The van der Waals surface area contributed by atoms with Crippen molar-refractivity contribution in [1.82, 2.24) is 20.1 Å². The van der Waals surface area contributed by atoms with Crippen LogP contribution in [0.25, 0.3) is 0 Å². The van der Waals surface area contributed by atoms with Gasteiger partial charge in [0.05, 0.1) is 17.4 Å². The first-order valence-corrected chi connectivity index (χ1v) is 6.28. The Balaban J connectivity index is 2.41. The lowest BCUT2D eigenvalue weighted by Crippen LogP contribution is -2.24. The van der Waals surface area contributed by atoms with Crippen LogP contribution in [-0.2, 0) is 7.05 Å². The number of nitrogens with zero attached hydrogens (tertiary/aromatic N) is 3. The van der Waals surface area contributed by atoms with E-state index in [0.717, 1.165) is 17.9 Å². The van der Waals surface area contributed by atoms with Gasteiger partial charge in [0.25, 0.3) is 0 Å². The minimum atomic E-state index is 0.0665. The summed E-state index contributed by atoms with van der Waals surface area (Å²) in [4.78, 5) is 4.57. The van der Waals surface area contributed by atoms with Crippen molar-refractivity contribution in [2.75, 3.05) is 6.54 Å². The first-order valence-electron chi connectivity index (χ1n) is 6.28. The van der Waals surface area contributed by atoms with E-state index >= 15 is 0 Å². The fourth-order valence-corrected chi connectivity index (χ4v) is 2.16. The highest BCUT2D eigenvalue weighted by Crippen LogP contribution is 2.22. The van der Waals surface area contributed by atoms with Crippen LogP contribution in [0.15, 0.2) is 24.5 Å². The lowest BCUT2D eigenvalue weighted by atomic mass is 10.0. The quantitative estimate of drug-likeness (QED) is 0.896. The van der Waals surface area contributed by atoms with Crippen LogP contribution in [0.3, 0.4) is 0 Å². The lowest BCUT2D eigenvalue weighted by molar-refractivity contribution is 0.584. The summed E-state index contributed by atoms with van der Waals surface area (Å²) in [5.74, 6) is 0. The van der Waals surface area contributed by atoms with Crippen molar-refractivity contribution in [2.45, 2.75) is 26.8 Å². The van der Waals surface area contributed by atoms with Gasteiger partial charge in [0.15, 0.2) is 0 Å². The molecule has 0 bridgehead atoms. The highest BCUT2D eigenvalue weighted by atomic mass is 15.3. The first kappa shape index (κ1) is 12.8. The highest BCUT2D eigenvalue weighted by Gasteiger charge is 2.18. The van der Waals surface area contributed by atoms with E-state index in [4.69, 9.17) is 0 Å². The van der Waals surface area contributed by atoms with Crippen LogP contribution in [0, 0.1) is 13.8 Å². The predicted octanol–water partition coefficient (Wildman–Crippen LogP) is 2.13. The zero-order valence-corrected chi connectivity index (χ0v) is 11.4. The Morgan fingerprint density at radius 2 is 2.17 bits per heavy atom. The Kier molecular flexibility index (Phi) is 3.77. The van der Waals surface area contributed by atoms with Gasteiger partial charge in [0.1, 0.15) is 0 Å². The summed E-state index contributed by atoms with van der Waals surface area (Å²) >= 11 is 0. The molecule has 4 heteroatoms. The molecule has 2 aromatic rings. The van der Waals surface area contributed by atoms with Crippen LogP contribution in [0.4, 0.5) is 0 Å². The molecule has 0 spiro atoms. The molecule has 0 amide bonds. The molecule has 96 valence electrons. The number of rotatable bonds is 4. The minimum Gasteiger partial charge on any atom is -0.304 e. The van der Waals surface area contributed by atoms with Crippen molar-refractivity contribution < 1.29 is 0 Å². The topological polar surface area (TPSA) is 42.7 Å². The third-order valence-electron chi connectivity index (χ3n) is 2.97. The van der Waals surface area contributed by atoms with Crippen molar-refractivity contribution in [3.05, 3.63) is 47.0 Å². The maximum atomic E-state index is 4.57. The average Bonchev–Trinajstić information content (AvgIpc) is 2.73. The van der Waals surface area contributed by atoms with E-state index < -0.39 is 0 Å². The number of hydrogen-bond acceptors (Lipinski definition) is 3. The average molecular weight is 244 g/mol. The van der Waals surface area contributed by atoms with Crippen LogP contribution in [0.1, 0.15) is 35.5 Å². The molecule has 2 aromatic heterocycles. The molecular weight excluding hydrogens is 224 g/mol. The summed E-state index contributed by atoms with van der Waals surface area (Å²) in [5, 5.41) is 7.93. The summed E-state index contributed by atoms with van der Waals surface area (Å²) in [7, 11) is 1.93. The molecule has 0 aliphatic rings. The SMILES string of the molecule is CCNC(c1ccn(C)n1)c1ncc(C)cc1C. The largest absolute Gasteiger partial charge is 0.304 e. The molecule has 18 heavy (non-hydrogen) atoms. The molecule has 0 aliphatic heterocycles. The van der Waals surface area contributed by atoms with Gasteiger partial charge in [-0.15, -0.1) is 0 Å². The molecule has 1 unspecified atom stereocenters. The summed E-state index contributed by atoms with van der Waals surface area (Å²) in [6, 6.07) is 4.26. The van der Waals surface area contributed by atoms with Crippen LogP contribution in [0.5, 0.6) is 0 Å². The standard InChI is InChI=1S/C14H20N4/c1-5-15-14(12-6-7-18(4)17-12)13-11(3)8-10(2)9-16-13/h6-9,14-15H,5H2,1-4H3. The summed E-state index contributed by atoms with van der Waals surface area (Å²) < 4.78 is 1.82. The zero-order valence-electron chi connectivity index (χ0n) is 11.4. The van der Waals surface area contributed by atoms with Gasteiger partial charge in [-0.1, -0.05) is 13.0 Å². The molecule has 0 saturated carbocycles. The van der Waals surface area contributed by atoms with E-state index in [2.05, 4.69) is 42.2 Å². The van der Waals surface area contributed by atoms with Crippen LogP contribution in [-0.4, -0.2) is 21.3 Å². The van der Waals surface area contributed by atoms with Gasteiger partial charge in [-0.25, -0.2) is 0 Å². The zero-order chi connectivity index (χ0) is 13.1. The third-order valence-corrected chi connectivity index (χ3v) is 2.97. The number of aromatic nitrogens is 3. The Morgan fingerprint density at radius 1 is 1.39 bits per heavy atom. The normalized spacial score (nSPS) is 12.7. The van der Waals surface area contributed by atoms with Gasteiger partial charge in [0, 0.05) is 19.4 Å². The van der Waals surface area contributed by atoms with E-state index in [-0.39, 0.29) is 6.04 Å². The molecule has 0 radical (unpaired) electrons. The summed E-state index contributed by atoms with van der Waals surface area (Å²) in [6.45, 7) is 7.14. The van der Waals surface area contributed by atoms with Gasteiger partial charge in [-0.2, -0.15) is 5.10 Å². The van der Waals surface area contributed by atoms with Crippen molar-refractivity contribution in [1.29, 1.82) is 0 Å². The van der Waals surface area contributed by atoms with Gasteiger partial charge in [0.2, 0.25) is 0 Å². The van der Waals surface area contributed by atoms with E-state index in [1.807, 2.05) is 30.2 Å². The summed E-state index contributed by atoms with van der Waals surface area (Å²) in [5.41, 5.74) is 4.46. The monoisotopic (exact) mass is 244 g/mol. The van der Waals surface area contributed by atoms with Crippen LogP contribution < -0.4 is 5.32 Å². The maximum Gasteiger partial charge on any atom is 0.0946 e. The van der Waals surface area contributed by atoms with Gasteiger partial charge < -0.3 is 5.32 Å². The predicted molar refractivity (Wildman–Crippen MR) is 72.4 cm³/mol. The van der Waals surface area contributed by atoms with Crippen LogP contribution in [0.2, 0.25) is 0 Å². The number of hydrogen-bond donors (Lipinski definition) is 1. The lowest BCUT2D eigenvalue weighted by Gasteiger charge is -2.17. The molecule has 0 saturated heterocycles. The Hall–Kier alpha value is -1.68. The molecule has 4 nitrogen and oxygen atoms in total. The molecule has 1 N–H and O–H groups in total. The van der Waals surface area contributed by atoms with E-state index in [1.54, 1.807) is 0 Å². The van der Waals surface area contributed by atoms with Gasteiger partial charge in [-0.05, 0) is 37.6 Å². The van der Waals surface area contributed by atoms with Crippen molar-refractivity contribution in [3.63, 3.8) is 0 Å². The molecule has 0 fully saturated rings. The van der Waals surface area contributed by atoms with Crippen molar-refractivity contribution in [3.8, 4) is 0 Å².